The predicted octanol–water partition coefficient (Wildman–Crippen LogP) is 3.60. The van der Waals surface area contributed by atoms with E-state index in [0.29, 0.717) is 23.1 Å². The first-order chi connectivity index (χ1) is 11.7. The van der Waals surface area contributed by atoms with E-state index in [1.807, 2.05) is 17.5 Å². The van der Waals surface area contributed by atoms with Crippen molar-refractivity contribution in [3.8, 4) is 17.1 Å². The molecule has 1 atom stereocenters. The molecule has 0 spiro atoms. The summed E-state index contributed by atoms with van der Waals surface area (Å²) >= 11 is 1.37. The number of halogens is 1. The lowest BCUT2D eigenvalue weighted by molar-refractivity contribution is 0.396. The second-order valence-corrected chi connectivity index (χ2v) is 6.03. The lowest BCUT2D eigenvalue weighted by Gasteiger charge is -2.16. The summed E-state index contributed by atoms with van der Waals surface area (Å²) in [7, 11) is 0. The van der Waals surface area contributed by atoms with E-state index in [1.165, 1.54) is 17.6 Å². The number of nitrogens with two attached hydrogens (primary N) is 1. The van der Waals surface area contributed by atoms with Crippen LogP contribution in [-0.2, 0) is 0 Å². The molecule has 3 aromatic heterocycles. The normalized spacial score (nSPS) is 17.5. The zero-order valence-electron chi connectivity index (χ0n) is 12.5. The van der Waals surface area contributed by atoms with Gasteiger partial charge in [0.15, 0.2) is 11.6 Å². The highest BCUT2D eigenvalue weighted by molar-refractivity contribution is 7.03. The lowest BCUT2D eigenvalue weighted by atomic mass is 10.1. The highest BCUT2D eigenvalue weighted by Crippen LogP contribution is 2.30. The molecule has 0 amide bonds. The molecule has 3 aromatic rings. The topological polar surface area (TPSA) is 73.9 Å². The Morgan fingerprint density at radius 1 is 1.25 bits per heavy atom. The highest BCUT2D eigenvalue weighted by atomic mass is 32.1. The first-order valence-corrected chi connectivity index (χ1v) is 8.21. The van der Waals surface area contributed by atoms with Crippen LogP contribution in [0.4, 0.5) is 4.39 Å². The lowest BCUT2D eigenvalue weighted by Crippen LogP contribution is -2.20. The molecule has 0 saturated heterocycles. The Balaban J connectivity index is 1.71. The number of fused-ring (bicyclic) bond motifs is 1. The van der Waals surface area contributed by atoms with Gasteiger partial charge in [-0.15, -0.1) is 0 Å². The van der Waals surface area contributed by atoms with Crippen LogP contribution in [0.15, 0.2) is 59.7 Å². The number of nitrogens with zero attached hydrogens (tertiary/aromatic N) is 3. The molecule has 24 heavy (non-hydrogen) atoms. The van der Waals surface area contributed by atoms with Gasteiger partial charge in [0.25, 0.3) is 0 Å². The summed E-state index contributed by atoms with van der Waals surface area (Å²) in [6.07, 6.45) is 6.85. The zero-order chi connectivity index (χ0) is 16.5. The Morgan fingerprint density at radius 3 is 2.96 bits per heavy atom. The summed E-state index contributed by atoms with van der Waals surface area (Å²) in [6, 6.07) is 5.12. The molecule has 5 nitrogen and oxygen atoms in total. The Kier molecular flexibility index (Phi) is 3.79. The van der Waals surface area contributed by atoms with Crippen LogP contribution in [0.3, 0.4) is 0 Å². The molecule has 0 aliphatic heterocycles. The third-order valence-electron chi connectivity index (χ3n) is 3.68. The van der Waals surface area contributed by atoms with Gasteiger partial charge in [-0.25, -0.2) is 4.39 Å². The van der Waals surface area contributed by atoms with Crippen LogP contribution >= 0.6 is 11.5 Å². The van der Waals surface area contributed by atoms with Crippen molar-refractivity contribution < 1.29 is 9.13 Å². The van der Waals surface area contributed by atoms with E-state index >= 15 is 0 Å². The van der Waals surface area contributed by atoms with Crippen LogP contribution in [-0.4, -0.2) is 20.4 Å². The highest BCUT2D eigenvalue weighted by Gasteiger charge is 2.16. The van der Waals surface area contributed by atoms with Crippen LogP contribution in [0.1, 0.15) is 6.42 Å². The minimum absolute atomic E-state index is 0.174. The van der Waals surface area contributed by atoms with E-state index in [2.05, 4.69) is 14.3 Å². The van der Waals surface area contributed by atoms with Crippen molar-refractivity contribution in [1.82, 2.24) is 14.3 Å². The van der Waals surface area contributed by atoms with Crippen LogP contribution < -0.4 is 10.5 Å². The summed E-state index contributed by atoms with van der Waals surface area (Å²) < 4.78 is 24.0. The van der Waals surface area contributed by atoms with Crippen LogP contribution in [0.5, 0.6) is 5.75 Å². The van der Waals surface area contributed by atoms with Gasteiger partial charge in [-0.2, -0.15) is 4.37 Å². The molecule has 0 saturated carbocycles. The summed E-state index contributed by atoms with van der Waals surface area (Å²) in [5.41, 5.74) is 7.94. The fourth-order valence-electron chi connectivity index (χ4n) is 2.48. The summed E-state index contributed by atoms with van der Waals surface area (Å²) in [5.74, 6) is 0.223. The summed E-state index contributed by atoms with van der Waals surface area (Å²) in [6.45, 7) is 0. The van der Waals surface area contributed by atoms with E-state index in [9.17, 15) is 4.39 Å². The smallest absolute Gasteiger partial charge is 0.162 e. The van der Waals surface area contributed by atoms with E-state index in [-0.39, 0.29) is 11.8 Å². The first kappa shape index (κ1) is 14.9. The monoisotopic (exact) mass is 340 g/mol. The summed E-state index contributed by atoms with van der Waals surface area (Å²) in [4.78, 5) is 8.75. The average molecular weight is 340 g/mol. The van der Waals surface area contributed by atoms with E-state index < -0.39 is 5.83 Å². The molecule has 120 valence electrons. The fraction of sp³-hybridized carbons (Fsp3) is 0.118. The number of allylic oxidation sites excluding steroid dienone is 1. The second kappa shape index (κ2) is 6.10. The van der Waals surface area contributed by atoms with Gasteiger partial charge < -0.3 is 10.5 Å². The van der Waals surface area contributed by atoms with E-state index in [4.69, 9.17) is 10.5 Å². The molecular formula is C17H13FN4OS. The van der Waals surface area contributed by atoms with Crippen molar-refractivity contribution in [2.24, 2.45) is 5.73 Å². The number of ether oxygens (including phenoxy) is 1. The Morgan fingerprint density at radius 2 is 2.17 bits per heavy atom. The van der Waals surface area contributed by atoms with Gasteiger partial charge in [0.1, 0.15) is 11.4 Å². The molecule has 1 aliphatic rings. The van der Waals surface area contributed by atoms with Crippen LogP contribution in [0, 0.1) is 0 Å². The summed E-state index contributed by atoms with van der Waals surface area (Å²) in [5, 5.41) is 2.60. The van der Waals surface area contributed by atoms with E-state index in [1.54, 1.807) is 24.5 Å². The van der Waals surface area contributed by atoms with E-state index in [0.717, 1.165) is 11.4 Å². The number of aromatic nitrogens is 3. The third-order valence-corrected chi connectivity index (χ3v) is 4.24. The maximum absolute atomic E-state index is 14.0. The molecule has 0 fully saturated rings. The van der Waals surface area contributed by atoms with Gasteiger partial charge in [-0.05, 0) is 48.3 Å². The van der Waals surface area contributed by atoms with Gasteiger partial charge in [0.05, 0.1) is 16.6 Å². The van der Waals surface area contributed by atoms with Crippen molar-refractivity contribution in [3.05, 3.63) is 59.7 Å². The van der Waals surface area contributed by atoms with Crippen molar-refractivity contribution >= 4 is 22.4 Å². The Hall–Kier alpha value is -2.64. The van der Waals surface area contributed by atoms with Gasteiger partial charge in [0.2, 0.25) is 0 Å². The minimum Gasteiger partial charge on any atom is -0.454 e. The first-order valence-electron chi connectivity index (χ1n) is 7.37. The van der Waals surface area contributed by atoms with Gasteiger partial charge in [0, 0.05) is 23.8 Å². The number of pyridine rings is 2. The molecule has 4 rings (SSSR count). The fourth-order valence-corrected chi connectivity index (χ4v) is 3.00. The number of hydrogen-bond donors (Lipinski definition) is 1. The molecule has 1 aliphatic carbocycles. The second-order valence-electron chi connectivity index (χ2n) is 5.37. The molecule has 0 bridgehead atoms. The van der Waals surface area contributed by atoms with Crippen molar-refractivity contribution in [2.75, 3.05) is 0 Å². The standard InChI is InChI=1S/C17H13FN4OS/c18-12-7-10(19)1-2-17(12)23-16-3-5-20-14-8-15(21-9-11(14)16)13-4-6-24-22-13/h2-10H,1,19H2. The van der Waals surface area contributed by atoms with Crippen molar-refractivity contribution in [1.29, 1.82) is 0 Å². The quantitative estimate of drug-likeness (QED) is 0.788. The molecule has 0 radical (unpaired) electrons. The zero-order valence-corrected chi connectivity index (χ0v) is 13.3. The van der Waals surface area contributed by atoms with Gasteiger partial charge >= 0.3 is 0 Å². The molecule has 0 aromatic carbocycles. The molecule has 1 unspecified atom stereocenters. The van der Waals surface area contributed by atoms with Crippen LogP contribution in [0.2, 0.25) is 0 Å². The van der Waals surface area contributed by atoms with Crippen molar-refractivity contribution in [3.63, 3.8) is 0 Å². The molecular weight excluding hydrogens is 327 g/mol. The Labute approximate surface area is 141 Å². The van der Waals surface area contributed by atoms with Gasteiger partial charge in [-0.1, -0.05) is 0 Å². The van der Waals surface area contributed by atoms with Crippen molar-refractivity contribution in [2.45, 2.75) is 12.5 Å². The molecule has 3 heterocycles. The predicted molar refractivity (Wildman–Crippen MR) is 91.1 cm³/mol. The maximum atomic E-state index is 14.0. The van der Waals surface area contributed by atoms with Crippen LogP contribution in [0.25, 0.3) is 22.3 Å². The largest absolute Gasteiger partial charge is 0.454 e. The molecule has 7 heteroatoms. The minimum atomic E-state index is -0.453. The average Bonchev–Trinajstić information content (AvgIpc) is 3.12. The Bertz CT molecular complexity index is 952. The SMILES string of the molecule is NC1C=C(F)C(Oc2ccnc3cc(-c4ccsn4)ncc23)=CC1. The van der Waals surface area contributed by atoms with Gasteiger partial charge in [-0.3, -0.25) is 9.97 Å². The third kappa shape index (κ3) is 2.79. The molecule has 2 N–H and O–H groups in total. The number of rotatable bonds is 3. The number of hydrogen-bond acceptors (Lipinski definition) is 6. The maximum Gasteiger partial charge on any atom is 0.162 e.